The molecule has 0 saturated heterocycles. The number of ketones is 1. The van der Waals surface area contributed by atoms with Crippen molar-refractivity contribution in [3.05, 3.63) is 46.7 Å². The zero-order valence-electron chi connectivity index (χ0n) is 12.0. The van der Waals surface area contributed by atoms with Crippen LogP contribution in [0, 0.1) is 25.2 Å². The van der Waals surface area contributed by atoms with Crippen molar-refractivity contribution in [1.29, 1.82) is 5.26 Å². The Hall–Kier alpha value is -3.02. The summed E-state index contributed by atoms with van der Waals surface area (Å²) < 4.78 is 47.9. The molecule has 0 aliphatic heterocycles. The molecule has 0 fully saturated rings. The molecule has 0 bridgehead atoms. The molecule has 23 heavy (non-hydrogen) atoms. The Labute approximate surface area is 128 Å². The lowest BCUT2D eigenvalue weighted by Crippen LogP contribution is -2.12. The summed E-state index contributed by atoms with van der Waals surface area (Å²) in [5.74, 6) is -1.93. The van der Waals surface area contributed by atoms with Gasteiger partial charge in [-0.2, -0.15) is 18.4 Å². The number of halogens is 3. The lowest BCUT2D eigenvalue weighted by atomic mass is 10.1. The Balaban J connectivity index is 2.32. The highest BCUT2D eigenvalue weighted by Gasteiger charge is 2.40. The summed E-state index contributed by atoms with van der Waals surface area (Å²) in [6.07, 6.45) is -3.88. The van der Waals surface area contributed by atoms with Gasteiger partial charge in [0.2, 0.25) is 11.5 Å². The number of alkyl halides is 3. The van der Waals surface area contributed by atoms with Gasteiger partial charge in [0.15, 0.2) is 5.82 Å². The summed E-state index contributed by atoms with van der Waals surface area (Å²) in [5.41, 5.74) is -1.25. The maximum Gasteiger partial charge on any atom is 0.450 e. The minimum atomic E-state index is -4.84. The van der Waals surface area contributed by atoms with Gasteiger partial charge in [0.1, 0.15) is 23.2 Å². The molecule has 2 aromatic heterocycles. The second-order valence-electron chi connectivity index (χ2n) is 4.56. The smallest absolute Gasteiger partial charge is 0.450 e. The molecule has 0 saturated carbocycles. The van der Waals surface area contributed by atoms with Crippen LogP contribution in [0.4, 0.5) is 19.0 Å². The highest BCUT2D eigenvalue weighted by atomic mass is 19.4. The number of carbonyl (C=O) groups is 1. The fourth-order valence-electron chi connectivity index (χ4n) is 1.77. The molecule has 0 aliphatic carbocycles. The molecule has 0 amide bonds. The number of rotatable bonds is 4. The summed E-state index contributed by atoms with van der Waals surface area (Å²) >= 11 is 0. The van der Waals surface area contributed by atoms with Crippen molar-refractivity contribution < 1.29 is 26.9 Å². The molecule has 0 unspecified atom stereocenters. The minimum absolute atomic E-state index is 0.0851. The minimum Gasteiger partial charge on any atom is -0.456 e. The number of allylic oxidation sites excluding steroid dienone is 1. The average Bonchev–Trinajstić information content (AvgIpc) is 3.05. The van der Waals surface area contributed by atoms with Crippen LogP contribution in [0.5, 0.6) is 0 Å². The van der Waals surface area contributed by atoms with E-state index in [1.54, 1.807) is 13.0 Å². The van der Waals surface area contributed by atoms with E-state index in [1.165, 1.54) is 13.0 Å². The molecular formula is C14H10F3N3O3. The third kappa shape index (κ3) is 3.60. The average molecular weight is 325 g/mol. The molecule has 2 rings (SSSR count). The molecule has 6 nitrogen and oxygen atoms in total. The van der Waals surface area contributed by atoms with E-state index in [0.29, 0.717) is 5.76 Å². The van der Waals surface area contributed by atoms with Crippen LogP contribution >= 0.6 is 0 Å². The lowest BCUT2D eigenvalue weighted by Gasteiger charge is -2.05. The van der Waals surface area contributed by atoms with E-state index in [9.17, 15) is 18.0 Å². The number of anilines is 1. The number of aromatic nitrogens is 1. The normalized spacial score (nSPS) is 12.1. The van der Waals surface area contributed by atoms with Gasteiger partial charge in [-0.25, -0.2) is 0 Å². The summed E-state index contributed by atoms with van der Waals surface area (Å²) in [5, 5.41) is 15.1. The van der Waals surface area contributed by atoms with E-state index in [-0.39, 0.29) is 11.6 Å². The molecule has 0 aromatic carbocycles. The maximum absolute atomic E-state index is 12.9. The molecule has 120 valence electrons. The molecule has 9 heteroatoms. The maximum atomic E-state index is 12.9. The lowest BCUT2D eigenvalue weighted by molar-refractivity contribution is -0.153. The van der Waals surface area contributed by atoms with Gasteiger partial charge >= 0.3 is 6.18 Å². The van der Waals surface area contributed by atoms with Gasteiger partial charge in [0, 0.05) is 12.3 Å². The summed E-state index contributed by atoms with van der Waals surface area (Å²) in [6, 6.07) is 3.97. The van der Waals surface area contributed by atoms with Crippen LogP contribution < -0.4 is 5.32 Å². The van der Waals surface area contributed by atoms with Gasteiger partial charge in [0.25, 0.3) is 0 Å². The van der Waals surface area contributed by atoms with Gasteiger partial charge in [-0.3, -0.25) is 4.79 Å². The third-order valence-corrected chi connectivity index (χ3v) is 2.71. The van der Waals surface area contributed by atoms with Crippen LogP contribution in [0.15, 0.2) is 32.8 Å². The summed E-state index contributed by atoms with van der Waals surface area (Å²) in [7, 11) is 0. The van der Waals surface area contributed by atoms with Gasteiger partial charge in [-0.05, 0) is 19.9 Å². The first-order valence-corrected chi connectivity index (χ1v) is 6.25. The Morgan fingerprint density at radius 3 is 2.57 bits per heavy atom. The van der Waals surface area contributed by atoms with Crippen molar-refractivity contribution in [2.45, 2.75) is 20.0 Å². The second-order valence-corrected chi connectivity index (χ2v) is 4.56. The highest BCUT2D eigenvalue weighted by molar-refractivity contribution is 6.12. The van der Waals surface area contributed by atoms with Crippen molar-refractivity contribution in [3.8, 4) is 6.07 Å². The topological polar surface area (TPSA) is 92.1 Å². The van der Waals surface area contributed by atoms with Gasteiger partial charge in [-0.15, -0.1) is 0 Å². The van der Waals surface area contributed by atoms with Crippen LogP contribution in [-0.4, -0.2) is 10.9 Å². The molecule has 0 spiro atoms. The fourth-order valence-corrected chi connectivity index (χ4v) is 1.77. The molecule has 0 atom stereocenters. The van der Waals surface area contributed by atoms with Gasteiger partial charge < -0.3 is 14.3 Å². The fraction of sp³-hybridized carbons (Fsp3) is 0.214. The number of hydrogen-bond donors (Lipinski definition) is 1. The van der Waals surface area contributed by atoms with E-state index in [2.05, 4.69) is 14.9 Å². The van der Waals surface area contributed by atoms with Crippen molar-refractivity contribution in [2.24, 2.45) is 0 Å². The van der Waals surface area contributed by atoms with Crippen molar-refractivity contribution in [3.63, 3.8) is 0 Å². The first-order chi connectivity index (χ1) is 10.7. The molecule has 2 heterocycles. The molecular weight excluding hydrogens is 315 g/mol. The SMILES string of the molecule is Cc1cc(N/C=C(\C#N)C(=O)c2cc(C)oc2C(F)(F)F)no1. The van der Waals surface area contributed by atoms with E-state index in [4.69, 9.17) is 9.78 Å². The number of aryl methyl sites for hydroxylation is 2. The Morgan fingerprint density at radius 1 is 1.35 bits per heavy atom. The van der Waals surface area contributed by atoms with Crippen molar-refractivity contribution in [2.75, 3.05) is 5.32 Å². The summed E-state index contributed by atoms with van der Waals surface area (Å²) in [6.45, 7) is 2.90. The van der Waals surface area contributed by atoms with Crippen LogP contribution in [-0.2, 0) is 6.18 Å². The summed E-state index contributed by atoms with van der Waals surface area (Å²) in [4.78, 5) is 12.1. The predicted octanol–water partition coefficient (Wildman–Crippen LogP) is 3.61. The quantitative estimate of drug-likeness (QED) is 0.524. The zero-order chi connectivity index (χ0) is 17.2. The predicted molar refractivity (Wildman–Crippen MR) is 71.3 cm³/mol. The number of nitrogens with one attached hydrogen (secondary N) is 1. The van der Waals surface area contributed by atoms with E-state index in [1.807, 2.05) is 0 Å². The highest BCUT2D eigenvalue weighted by Crippen LogP contribution is 2.35. The third-order valence-electron chi connectivity index (χ3n) is 2.71. The molecule has 1 N–H and O–H groups in total. The number of furan rings is 1. The van der Waals surface area contributed by atoms with Crippen molar-refractivity contribution in [1.82, 2.24) is 5.16 Å². The largest absolute Gasteiger partial charge is 0.456 e. The molecule has 0 radical (unpaired) electrons. The number of hydrogen-bond acceptors (Lipinski definition) is 6. The van der Waals surface area contributed by atoms with Gasteiger partial charge in [-0.1, -0.05) is 5.16 Å². The molecule has 2 aromatic rings. The van der Waals surface area contributed by atoms with Crippen LogP contribution in [0.1, 0.15) is 27.6 Å². The number of nitriles is 1. The van der Waals surface area contributed by atoms with Gasteiger partial charge in [0.05, 0.1) is 5.56 Å². The number of Topliss-reactive ketones (excluding diaryl/α,β-unsaturated/α-hetero) is 1. The Kier molecular flexibility index (Phi) is 4.27. The van der Waals surface area contributed by atoms with Crippen molar-refractivity contribution >= 4 is 11.6 Å². The van der Waals surface area contributed by atoms with E-state index >= 15 is 0 Å². The molecule has 0 aliphatic rings. The number of carbonyl (C=O) groups excluding carboxylic acids is 1. The first kappa shape index (κ1) is 16.4. The van der Waals surface area contributed by atoms with Crippen LogP contribution in [0.3, 0.4) is 0 Å². The first-order valence-electron chi connectivity index (χ1n) is 6.25. The van der Waals surface area contributed by atoms with E-state index < -0.39 is 28.9 Å². The Bertz CT molecular complexity index is 809. The van der Waals surface area contributed by atoms with Crippen LogP contribution in [0.25, 0.3) is 0 Å². The van der Waals surface area contributed by atoms with Crippen LogP contribution in [0.2, 0.25) is 0 Å². The number of nitrogens with zero attached hydrogens (tertiary/aromatic N) is 2. The zero-order valence-corrected chi connectivity index (χ0v) is 12.0. The monoisotopic (exact) mass is 325 g/mol. The second kappa shape index (κ2) is 6.00. The standard InChI is InChI=1S/C14H10F3N3O3/c1-7-3-10(13(22-7)14(15,16)17)12(21)9(5-18)6-19-11-4-8(2)23-20-11/h3-4,6H,1-2H3,(H,19,20)/b9-6+. The Morgan fingerprint density at radius 2 is 2.04 bits per heavy atom. The van der Waals surface area contributed by atoms with E-state index in [0.717, 1.165) is 12.3 Å².